The summed E-state index contributed by atoms with van der Waals surface area (Å²) in [6.45, 7) is 1.91. The minimum atomic E-state index is -0.611. The number of benzene rings is 2. The van der Waals surface area contributed by atoms with Crippen molar-refractivity contribution in [3.8, 4) is 5.75 Å². The minimum absolute atomic E-state index is 0.0383. The molecule has 20 heavy (non-hydrogen) atoms. The van der Waals surface area contributed by atoms with Gasteiger partial charge in [0.25, 0.3) is 0 Å². The molecule has 1 atom stereocenters. The molecule has 2 aromatic rings. The van der Waals surface area contributed by atoms with Crippen LogP contribution in [0.4, 0.5) is 5.69 Å². The zero-order valence-electron chi connectivity index (χ0n) is 11.6. The number of rotatable bonds is 5. The molecule has 106 valence electrons. The Balaban J connectivity index is 2.35. The van der Waals surface area contributed by atoms with Crippen molar-refractivity contribution in [1.29, 1.82) is 0 Å². The number of hydrogen-bond donors (Lipinski definition) is 2. The van der Waals surface area contributed by atoms with Gasteiger partial charge in [0.15, 0.2) is 0 Å². The highest BCUT2D eigenvalue weighted by Gasteiger charge is 2.28. The van der Waals surface area contributed by atoms with E-state index in [-0.39, 0.29) is 6.61 Å². The lowest BCUT2D eigenvalue weighted by Gasteiger charge is -2.31. The Hall–Kier alpha value is -1.52. The van der Waals surface area contributed by atoms with Crippen molar-refractivity contribution >= 4 is 21.6 Å². The van der Waals surface area contributed by atoms with Crippen molar-refractivity contribution in [2.45, 2.75) is 12.5 Å². The maximum atomic E-state index is 9.85. The van der Waals surface area contributed by atoms with Crippen LogP contribution in [-0.4, -0.2) is 18.8 Å². The predicted octanol–water partition coefficient (Wildman–Crippen LogP) is 3.78. The van der Waals surface area contributed by atoms with Crippen LogP contribution in [0.3, 0.4) is 0 Å². The SMILES string of the molecule is COc1ccccc1C(C)(CO)Nc1ccc(Br)cc1. The highest BCUT2D eigenvalue weighted by molar-refractivity contribution is 9.10. The number of anilines is 1. The van der Waals surface area contributed by atoms with Crippen LogP contribution in [0.2, 0.25) is 0 Å². The molecule has 2 aromatic carbocycles. The summed E-state index contributed by atoms with van der Waals surface area (Å²) in [5, 5.41) is 13.2. The number of halogens is 1. The average molecular weight is 336 g/mol. The third-order valence-corrected chi connectivity index (χ3v) is 3.81. The lowest BCUT2D eigenvalue weighted by molar-refractivity contribution is 0.220. The van der Waals surface area contributed by atoms with Gasteiger partial charge in [-0.3, -0.25) is 0 Å². The molecular formula is C16H18BrNO2. The summed E-state index contributed by atoms with van der Waals surface area (Å²) in [5.74, 6) is 0.758. The van der Waals surface area contributed by atoms with E-state index >= 15 is 0 Å². The van der Waals surface area contributed by atoms with E-state index in [0.717, 1.165) is 21.5 Å². The molecule has 0 saturated carbocycles. The molecule has 0 amide bonds. The van der Waals surface area contributed by atoms with Crippen LogP contribution in [0.5, 0.6) is 5.75 Å². The Bertz CT molecular complexity index is 571. The lowest BCUT2D eigenvalue weighted by Crippen LogP contribution is -2.36. The first-order valence-electron chi connectivity index (χ1n) is 6.37. The number of ether oxygens (including phenoxy) is 1. The van der Waals surface area contributed by atoms with E-state index in [0.29, 0.717) is 0 Å². The summed E-state index contributed by atoms with van der Waals surface area (Å²) >= 11 is 3.41. The Kier molecular flexibility index (Phi) is 4.68. The molecule has 0 aliphatic rings. The molecule has 2 rings (SSSR count). The second-order valence-corrected chi connectivity index (χ2v) is 5.74. The molecule has 2 N–H and O–H groups in total. The normalized spacial score (nSPS) is 13.6. The van der Waals surface area contributed by atoms with E-state index in [4.69, 9.17) is 4.74 Å². The van der Waals surface area contributed by atoms with E-state index < -0.39 is 5.54 Å². The van der Waals surface area contributed by atoms with Crippen molar-refractivity contribution in [3.63, 3.8) is 0 Å². The van der Waals surface area contributed by atoms with Gasteiger partial charge in [0.1, 0.15) is 5.75 Å². The highest BCUT2D eigenvalue weighted by atomic mass is 79.9. The number of nitrogens with one attached hydrogen (secondary N) is 1. The molecule has 1 unspecified atom stereocenters. The second kappa shape index (κ2) is 6.29. The van der Waals surface area contributed by atoms with Gasteiger partial charge in [-0.05, 0) is 37.3 Å². The van der Waals surface area contributed by atoms with Gasteiger partial charge >= 0.3 is 0 Å². The standard InChI is InChI=1S/C16H18BrNO2/c1-16(11-19,14-5-3-4-6-15(14)20-2)18-13-9-7-12(17)8-10-13/h3-10,18-19H,11H2,1-2H3. The van der Waals surface area contributed by atoms with Gasteiger partial charge in [0, 0.05) is 15.7 Å². The van der Waals surface area contributed by atoms with E-state index in [1.807, 2.05) is 55.5 Å². The van der Waals surface area contributed by atoms with E-state index in [2.05, 4.69) is 21.2 Å². The fraction of sp³-hybridized carbons (Fsp3) is 0.250. The maximum Gasteiger partial charge on any atom is 0.124 e. The molecule has 4 heteroatoms. The van der Waals surface area contributed by atoms with Crippen molar-refractivity contribution in [2.75, 3.05) is 19.0 Å². The monoisotopic (exact) mass is 335 g/mol. The molecule has 0 spiro atoms. The molecule has 0 heterocycles. The second-order valence-electron chi connectivity index (χ2n) is 4.82. The molecule has 0 aromatic heterocycles. The van der Waals surface area contributed by atoms with Crippen LogP contribution >= 0.6 is 15.9 Å². The zero-order chi connectivity index (χ0) is 14.6. The molecule has 0 saturated heterocycles. The number of para-hydroxylation sites is 1. The van der Waals surface area contributed by atoms with Gasteiger partial charge in [-0.15, -0.1) is 0 Å². The van der Waals surface area contributed by atoms with Crippen molar-refractivity contribution in [1.82, 2.24) is 0 Å². The van der Waals surface area contributed by atoms with Crippen molar-refractivity contribution < 1.29 is 9.84 Å². The van der Waals surface area contributed by atoms with Gasteiger partial charge < -0.3 is 15.2 Å². The number of aliphatic hydroxyl groups excluding tert-OH is 1. The molecular weight excluding hydrogens is 318 g/mol. The third kappa shape index (κ3) is 3.14. The number of hydrogen-bond acceptors (Lipinski definition) is 3. The molecule has 3 nitrogen and oxygen atoms in total. The molecule has 0 aliphatic heterocycles. The molecule has 0 aliphatic carbocycles. The van der Waals surface area contributed by atoms with Gasteiger partial charge in [-0.1, -0.05) is 34.1 Å². The topological polar surface area (TPSA) is 41.5 Å². The largest absolute Gasteiger partial charge is 0.496 e. The molecule has 0 bridgehead atoms. The fourth-order valence-electron chi connectivity index (χ4n) is 2.14. The maximum absolute atomic E-state index is 9.85. The lowest BCUT2D eigenvalue weighted by atomic mass is 9.91. The summed E-state index contributed by atoms with van der Waals surface area (Å²) in [4.78, 5) is 0. The van der Waals surface area contributed by atoms with Crippen LogP contribution in [0.15, 0.2) is 53.0 Å². The van der Waals surface area contributed by atoms with Crippen molar-refractivity contribution in [3.05, 3.63) is 58.6 Å². The van der Waals surface area contributed by atoms with E-state index in [1.165, 1.54) is 0 Å². The Labute approximate surface area is 127 Å². The van der Waals surface area contributed by atoms with E-state index in [1.54, 1.807) is 7.11 Å². The fourth-order valence-corrected chi connectivity index (χ4v) is 2.41. The summed E-state index contributed by atoms with van der Waals surface area (Å²) in [7, 11) is 1.64. The molecule has 0 radical (unpaired) electrons. The van der Waals surface area contributed by atoms with Crippen molar-refractivity contribution in [2.24, 2.45) is 0 Å². The zero-order valence-corrected chi connectivity index (χ0v) is 13.1. The van der Waals surface area contributed by atoms with Gasteiger partial charge in [-0.2, -0.15) is 0 Å². The first-order chi connectivity index (χ1) is 9.59. The van der Waals surface area contributed by atoms with Gasteiger partial charge in [0.05, 0.1) is 19.3 Å². The first kappa shape index (κ1) is 14.9. The highest BCUT2D eigenvalue weighted by Crippen LogP contribution is 2.32. The smallest absolute Gasteiger partial charge is 0.124 e. The van der Waals surface area contributed by atoms with Crippen LogP contribution in [0.1, 0.15) is 12.5 Å². The van der Waals surface area contributed by atoms with Crippen LogP contribution < -0.4 is 10.1 Å². The third-order valence-electron chi connectivity index (χ3n) is 3.28. The average Bonchev–Trinajstić information content (AvgIpc) is 2.49. The summed E-state index contributed by atoms with van der Waals surface area (Å²) in [6, 6.07) is 15.6. The Morgan fingerprint density at radius 3 is 2.40 bits per heavy atom. The van der Waals surface area contributed by atoms with Crippen LogP contribution in [0.25, 0.3) is 0 Å². The number of methoxy groups -OCH3 is 1. The number of aliphatic hydroxyl groups is 1. The minimum Gasteiger partial charge on any atom is -0.496 e. The molecule has 0 fully saturated rings. The Morgan fingerprint density at radius 1 is 1.15 bits per heavy atom. The van der Waals surface area contributed by atoms with Gasteiger partial charge in [0.2, 0.25) is 0 Å². The quantitative estimate of drug-likeness (QED) is 0.873. The first-order valence-corrected chi connectivity index (χ1v) is 7.16. The predicted molar refractivity (Wildman–Crippen MR) is 85.2 cm³/mol. The van der Waals surface area contributed by atoms with E-state index in [9.17, 15) is 5.11 Å². The summed E-state index contributed by atoms with van der Waals surface area (Å²) in [6.07, 6.45) is 0. The Morgan fingerprint density at radius 2 is 1.80 bits per heavy atom. The summed E-state index contributed by atoms with van der Waals surface area (Å²) in [5.41, 5.74) is 1.25. The van der Waals surface area contributed by atoms with Crippen LogP contribution in [-0.2, 0) is 5.54 Å². The van der Waals surface area contributed by atoms with Gasteiger partial charge in [-0.25, -0.2) is 0 Å². The van der Waals surface area contributed by atoms with Crippen LogP contribution in [0, 0.1) is 0 Å². The summed E-state index contributed by atoms with van der Waals surface area (Å²) < 4.78 is 6.41.